The molecule has 6 nitrogen and oxygen atoms in total. The van der Waals surface area contributed by atoms with E-state index in [4.69, 9.17) is 0 Å². The fourth-order valence-electron chi connectivity index (χ4n) is 5.51. The van der Waals surface area contributed by atoms with E-state index in [0.717, 1.165) is 56.8 Å². The second-order valence-electron chi connectivity index (χ2n) is 9.71. The normalized spacial score (nSPS) is 23.7. The van der Waals surface area contributed by atoms with Crippen LogP contribution in [0.4, 0.5) is 5.69 Å². The number of anilines is 1. The maximum atomic E-state index is 11.6. The van der Waals surface area contributed by atoms with Crippen molar-refractivity contribution in [3.8, 4) is 0 Å². The van der Waals surface area contributed by atoms with E-state index in [1.807, 2.05) is 17.3 Å². The highest BCUT2D eigenvalue weighted by Crippen LogP contribution is 2.45. The molecule has 3 aliphatic rings. The second-order valence-corrected chi connectivity index (χ2v) is 9.71. The Balaban J connectivity index is 1.24. The zero-order valence-corrected chi connectivity index (χ0v) is 18.4. The summed E-state index contributed by atoms with van der Waals surface area (Å²) in [6, 6.07) is 0.744. The van der Waals surface area contributed by atoms with Crippen molar-refractivity contribution in [2.75, 3.05) is 44.2 Å². The molecule has 1 aromatic rings. The van der Waals surface area contributed by atoms with Crippen molar-refractivity contribution in [1.82, 2.24) is 19.8 Å². The molecule has 1 aliphatic carbocycles. The van der Waals surface area contributed by atoms with Crippen molar-refractivity contribution >= 4 is 11.6 Å². The number of aromatic nitrogens is 2. The Kier molecular flexibility index (Phi) is 6.09. The molecule has 6 heteroatoms. The Labute approximate surface area is 175 Å². The van der Waals surface area contributed by atoms with Gasteiger partial charge in [-0.05, 0) is 43.9 Å². The van der Waals surface area contributed by atoms with Gasteiger partial charge in [0.2, 0.25) is 5.91 Å². The van der Waals surface area contributed by atoms with Crippen LogP contribution in [-0.4, -0.2) is 71.0 Å². The van der Waals surface area contributed by atoms with Crippen molar-refractivity contribution in [3.05, 3.63) is 18.2 Å². The summed E-state index contributed by atoms with van der Waals surface area (Å²) >= 11 is 0. The predicted molar refractivity (Wildman–Crippen MR) is 116 cm³/mol. The van der Waals surface area contributed by atoms with Gasteiger partial charge in [-0.15, -0.1) is 0 Å². The van der Waals surface area contributed by atoms with Crippen molar-refractivity contribution < 1.29 is 4.79 Å². The van der Waals surface area contributed by atoms with E-state index >= 15 is 0 Å². The first kappa shape index (κ1) is 20.6. The highest BCUT2D eigenvalue weighted by molar-refractivity contribution is 5.73. The second kappa shape index (κ2) is 8.58. The maximum Gasteiger partial charge on any atom is 0.219 e. The summed E-state index contributed by atoms with van der Waals surface area (Å²) < 4.78 is 0. The summed E-state index contributed by atoms with van der Waals surface area (Å²) in [5.74, 6) is 1.55. The van der Waals surface area contributed by atoms with Crippen LogP contribution in [-0.2, 0) is 4.79 Å². The van der Waals surface area contributed by atoms with E-state index in [1.165, 1.54) is 38.5 Å². The lowest BCUT2D eigenvalue weighted by molar-refractivity contribution is -0.131. The summed E-state index contributed by atoms with van der Waals surface area (Å²) in [6.07, 6.45) is 11.7. The van der Waals surface area contributed by atoms with Crippen LogP contribution >= 0.6 is 0 Å². The average molecular weight is 400 g/mol. The van der Waals surface area contributed by atoms with E-state index in [9.17, 15) is 4.79 Å². The molecule has 3 fully saturated rings. The van der Waals surface area contributed by atoms with E-state index in [0.29, 0.717) is 11.3 Å². The van der Waals surface area contributed by atoms with Crippen molar-refractivity contribution in [2.45, 2.75) is 71.3 Å². The summed E-state index contributed by atoms with van der Waals surface area (Å²) in [4.78, 5) is 27.9. The van der Waals surface area contributed by atoms with E-state index in [2.05, 4.69) is 33.6 Å². The summed E-state index contributed by atoms with van der Waals surface area (Å²) in [5.41, 5.74) is 1.67. The smallest absolute Gasteiger partial charge is 0.219 e. The van der Waals surface area contributed by atoms with Crippen LogP contribution in [0, 0.1) is 5.41 Å². The molecule has 2 saturated heterocycles. The van der Waals surface area contributed by atoms with Gasteiger partial charge in [-0.2, -0.15) is 0 Å². The van der Waals surface area contributed by atoms with Crippen LogP contribution in [0.15, 0.2) is 12.4 Å². The molecule has 0 radical (unpaired) electrons. The molecule has 29 heavy (non-hydrogen) atoms. The van der Waals surface area contributed by atoms with Gasteiger partial charge in [0.15, 0.2) is 0 Å². The van der Waals surface area contributed by atoms with Gasteiger partial charge >= 0.3 is 0 Å². The number of piperazine rings is 1. The zero-order chi connectivity index (χ0) is 20.4. The Bertz CT molecular complexity index is 678. The third kappa shape index (κ3) is 4.57. The highest BCUT2D eigenvalue weighted by Gasteiger charge is 2.40. The number of carbonyl (C=O) groups excluding carboxylic acids is 1. The van der Waals surface area contributed by atoms with Gasteiger partial charge in [-0.25, -0.2) is 9.97 Å². The lowest BCUT2D eigenvalue weighted by atomic mass is 9.66. The van der Waals surface area contributed by atoms with Crippen molar-refractivity contribution in [2.24, 2.45) is 5.41 Å². The monoisotopic (exact) mass is 399 g/mol. The van der Waals surface area contributed by atoms with Gasteiger partial charge in [0.1, 0.15) is 5.82 Å². The molecule has 4 rings (SSSR count). The number of hydrogen-bond acceptors (Lipinski definition) is 5. The van der Waals surface area contributed by atoms with Gasteiger partial charge < -0.3 is 9.80 Å². The first-order chi connectivity index (χ1) is 14.0. The van der Waals surface area contributed by atoms with Crippen LogP contribution in [0.1, 0.15) is 71.0 Å². The molecule has 0 N–H and O–H groups in total. The number of carbonyl (C=O) groups is 1. The van der Waals surface area contributed by atoms with Gasteiger partial charge in [-0.1, -0.05) is 13.8 Å². The molecule has 1 saturated carbocycles. The fraction of sp³-hybridized carbons (Fsp3) is 0.783. The first-order valence-electron chi connectivity index (χ1n) is 11.5. The topological polar surface area (TPSA) is 52.6 Å². The molecule has 0 aromatic carbocycles. The van der Waals surface area contributed by atoms with Crippen LogP contribution in [0.3, 0.4) is 0 Å². The molecule has 0 atom stereocenters. The molecule has 0 unspecified atom stereocenters. The number of nitrogens with zero attached hydrogens (tertiary/aromatic N) is 5. The molecule has 1 spiro atoms. The fourth-order valence-corrected chi connectivity index (χ4v) is 5.51. The molecule has 1 amide bonds. The average Bonchev–Trinajstić information content (AvgIpc) is 2.75. The quantitative estimate of drug-likeness (QED) is 0.781. The van der Waals surface area contributed by atoms with E-state index in [1.54, 1.807) is 6.92 Å². The Morgan fingerprint density at radius 1 is 0.966 bits per heavy atom. The minimum Gasteiger partial charge on any atom is -0.366 e. The standard InChI is InChI=1S/C23H37N5O/c1-18(2)22-24-16-21(17-25-22)28-14-12-27(13-15-28)20-4-6-23(7-5-20)8-10-26(11-9-23)19(3)29/h16-18,20H,4-15H2,1-3H3. The number of amides is 1. The Morgan fingerprint density at radius 2 is 1.55 bits per heavy atom. The largest absolute Gasteiger partial charge is 0.366 e. The van der Waals surface area contributed by atoms with Gasteiger partial charge in [0.05, 0.1) is 18.1 Å². The summed E-state index contributed by atoms with van der Waals surface area (Å²) in [7, 11) is 0. The number of likely N-dealkylation sites (tertiary alicyclic amines) is 1. The first-order valence-corrected chi connectivity index (χ1v) is 11.5. The number of piperidine rings is 1. The van der Waals surface area contributed by atoms with Crippen LogP contribution in [0.25, 0.3) is 0 Å². The summed E-state index contributed by atoms with van der Waals surface area (Å²) in [6.45, 7) is 12.3. The SMILES string of the molecule is CC(=O)N1CCC2(CCC(N3CCN(c4cnc(C(C)C)nc4)CC3)CC2)CC1. The lowest BCUT2D eigenvalue weighted by Gasteiger charge is -2.49. The molecule has 0 bridgehead atoms. The molecule has 3 heterocycles. The van der Waals surface area contributed by atoms with Crippen molar-refractivity contribution in [1.29, 1.82) is 0 Å². The van der Waals surface area contributed by atoms with Crippen molar-refractivity contribution in [3.63, 3.8) is 0 Å². The van der Waals surface area contributed by atoms with Gasteiger partial charge in [0, 0.05) is 58.2 Å². The highest BCUT2D eigenvalue weighted by atomic mass is 16.2. The maximum absolute atomic E-state index is 11.6. The Morgan fingerprint density at radius 3 is 2.07 bits per heavy atom. The lowest BCUT2D eigenvalue weighted by Crippen LogP contribution is -2.52. The zero-order valence-electron chi connectivity index (χ0n) is 18.4. The van der Waals surface area contributed by atoms with Crippen LogP contribution in [0.2, 0.25) is 0 Å². The molecular weight excluding hydrogens is 362 g/mol. The van der Waals surface area contributed by atoms with Gasteiger partial charge in [0.25, 0.3) is 0 Å². The molecule has 160 valence electrons. The van der Waals surface area contributed by atoms with Crippen LogP contribution < -0.4 is 4.90 Å². The minimum absolute atomic E-state index is 0.246. The molecule has 2 aliphatic heterocycles. The van der Waals surface area contributed by atoms with E-state index < -0.39 is 0 Å². The third-order valence-corrected chi connectivity index (χ3v) is 7.66. The van der Waals surface area contributed by atoms with Gasteiger partial charge in [-0.3, -0.25) is 9.69 Å². The number of hydrogen-bond donors (Lipinski definition) is 0. The predicted octanol–water partition coefficient (Wildman–Crippen LogP) is 3.29. The Hall–Kier alpha value is -1.69. The summed E-state index contributed by atoms with van der Waals surface area (Å²) in [5, 5.41) is 0. The van der Waals surface area contributed by atoms with Crippen LogP contribution in [0.5, 0.6) is 0 Å². The molecular formula is C23H37N5O. The molecule has 1 aromatic heterocycles. The number of rotatable bonds is 3. The third-order valence-electron chi connectivity index (χ3n) is 7.66. The minimum atomic E-state index is 0.246. The van der Waals surface area contributed by atoms with E-state index in [-0.39, 0.29) is 5.91 Å².